The maximum atomic E-state index is 13.0. The van der Waals surface area contributed by atoms with Crippen LogP contribution in [0.2, 0.25) is 0 Å². The molecule has 0 saturated heterocycles. The fraction of sp³-hybridized carbons (Fsp3) is 0.280. The van der Waals surface area contributed by atoms with Crippen molar-refractivity contribution in [3.8, 4) is 5.75 Å². The molecule has 9 heteroatoms. The van der Waals surface area contributed by atoms with Crippen molar-refractivity contribution >= 4 is 15.9 Å². The molecule has 0 fully saturated rings. The van der Waals surface area contributed by atoms with E-state index in [-0.39, 0.29) is 22.4 Å². The van der Waals surface area contributed by atoms with Gasteiger partial charge < -0.3 is 14.6 Å². The Kier molecular flexibility index (Phi) is 7.90. The fourth-order valence-corrected chi connectivity index (χ4v) is 4.43. The Morgan fingerprint density at radius 2 is 1.79 bits per heavy atom. The van der Waals surface area contributed by atoms with Gasteiger partial charge in [0.1, 0.15) is 11.3 Å². The molecular weight excluding hydrogens is 454 g/mol. The lowest BCUT2D eigenvalue weighted by atomic mass is 10.1. The molecule has 0 aliphatic rings. The second-order valence-electron chi connectivity index (χ2n) is 7.92. The summed E-state index contributed by atoms with van der Waals surface area (Å²) in [6.45, 7) is 4.52. The maximum absolute atomic E-state index is 13.0. The standard InChI is InChI=1S/C25H29N3O5S/c1-4-21-24(25(30)27-14-13-18-9-11-20(12-10-18)34(26,31)32)22(29)15-17(2)28(21)16-19-7-5-6-8-23(19)33-3/h5-12,15H,4,13-14,16H2,1-3H3,(H,27,30)(H2,26,31,32). The Balaban J connectivity index is 1.81. The number of aryl methyl sites for hydroxylation is 1. The molecule has 0 atom stereocenters. The van der Waals surface area contributed by atoms with Crippen molar-refractivity contribution < 1.29 is 17.9 Å². The van der Waals surface area contributed by atoms with E-state index in [9.17, 15) is 18.0 Å². The van der Waals surface area contributed by atoms with Crippen molar-refractivity contribution in [2.24, 2.45) is 5.14 Å². The van der Waals surface area contributed by atoms with E-state index in [1.165, 1.54) is 18.2 Å². The number of methoxy groups -OCH3 is 1. The Morgan fingerprint density at radius 3 is 2.41 bits per heavy atom. The summed E-state index contributed by atoms with van der Waals surface area (Å²) >= 11 is 0. The average molecular weight is 484 g/mol. The van der Waals surface area contributed by atoms with Gasteiger partial charge in [-0.15, -0.1) is 0 Å². The third-order valence-electron chi connectivity index (χ3n) is 5.66. The highest BCUT2D eigenvalue weighted by atomic mass is 32.2. The predicted molar refractivity (Wildman–Crippen MR) is 131 cm³/mol. The number of benzene rings is 2. The number of para-hydroxylation sites is 1. The lowest BCUT2D eigenvalue weighted by Gasteiger charge is -2.20. The Hall–Kier alpha value is -3.43. The number of nitrogens with zero attached hydrogens (tertiary/aromatic N) is 1. The second-order valence-corrected chi connectivity index (χ2v) is 9.48. The van der Waals surface area contributed by atoms with Crippen LogP contribution >= 0.6 is 0 Å². The highest BCUT2D eigenvalue weighted by Crippen LogP contribution is 2.21. The molecule has 0 aliphatic carbocycles. The molecule has 0 aliphatic heterocycles. The number of primary sulfonamides is 1. The summed E-state index contributed by atoms with van der Waals surface area (Å²) in [4.78, 5) is 25.8. The maximum Gasteiger partial charge on any atom is 0.257 e. The molecule has 0 spiro atoms. The van der Waals surface area contributed by atoms with Gasteiger partial charge in [-0.1, -0.05) is 37.3 Å². The van der Waals surface area contributed by atoms with Gasteiger partial charge in [0.05, 0.1) is 18.6 Å². The van der Waals surface area contributed by atoms with Gasteiger partial charge in [0.15, 0.2) is 5.43 Å². The van der Waals surface area contributed by atoms with Gasteiger partial charge in [0.2, 0.25) is 10.0 Å². The Morgan fingerprint density at radius 1 is 1.12 bits per heavy atom. The van der Waals surface area contributed by atoms with Gasteiger partial charge in [0.25, 0.3) is 5.91 Å². The molecule has 0 bridgehead atoms. The number of carbonyl (C=O) groups excluding carboxylic acids is 1. The molecule has 3 aromatic rings. The van der Waals surface area contributed by atoms with Crippen molar-refractivity contribution in [3.63, 3.8) is 0 Å². The fourth-order valence-electron chi connectivity index (χ4n) is 3.92. The van der Waals surface area contributed by atoms with Crippen molar-refractivity contribution in [3.05, 3.63) is 92.9 Å². The van der Waals surface area contributed by atoms with E-state index in [0.29, 0.717) is 25.1 Å². The zero-order chi connectivity index (χ0) is 24.9. The smallest absolute Gasteiger partial charge is 0.257 e. The van der Waals surface area contributed by atoms with Crippen molar-refractivity contribution in [1.29, 1.82) is 0 Å². The third-order valence-corrected chi connectivity index (χ3v) is 6.59. The summed E-state index contributed by atoms with van der Waals surface area (Å²) in [5, 5.41) is 7.94. The molecule has 34 heavy (non-hydrogen) atoms. The number of hydrogen-bond donors (Lipinski definition) is 2. The number of aromatic nitrogens is 1. The Labute approximate surface area is 199 Å². The van der Waals surface area contributed by atoms with E-state index in [2.05, 4.69) is 5.32 Å². The van der Waals surface area contributed by atoms with Crippen LogP contribution in [0, 0.1) is 6.92 Å². The minimum atomic E-state index is -3.75. The molecule has 3 rings (SSSR count). The second kappa shape index (κ2) is 10.7. The van der Waals surface area contributed by atoms with Crippen LogP contribution in [0.5, 0.6) is 5.75 Å². The molecule has 3 N–H and O–H groups in total. The molecule has 1 amide bonds. The monoisotopic (exact) mass is 483 g/mol. The summed E-state index contributed by atoms with van der Waals surface area (Å²) in [7, 11) is -2.14. The van der Waals surface area contributed by atoms with E-state index >= 15 is 0 Å². The molecule has 1 heterocycles. The van der Waals surface area contributed by atoms with Crippen molar-refractivity contribution in [1.82, 2.24) is 9.88 Å². The van der Waals surface area contributed by atoms with Gasteiger partial charge in [-0.2, -0.15) is 0 Å². The van der Waals surface area contributed by atoms with Crippen LogP contribution in [-0.4, -0.2) is 32.5 Å². The molecular formula is C25H29N3O5S. The van der Waals surface area contributed by atoms with E-state index in [4.69, 9.17) is 9.88 Å². The first-order chi connectivity index (χ1) is 16.2. The molecule has 1 aromatic heterocycles. The Bertz CT molecular complexity index is 1350. The first-order valence-corrected chi connectivity index (χ1v) is 12.5. The number of amides is 1. The lowest BCUT2D eigenvalue weighted by molar-refractivity contribution is 0.0951. The quantitative estimate of drug-likeness (QED) is 0.484. The number of pyridine rings is 1. The SMILES string of the molecule is CCc1c(C(=O)NCCc2ccc(S(N)(=O)=O)cc2)c(=O)cc(C)n1Cc1ccccc1OC. The first kappa shape index (κ1) is 25.2. The first-order valence-electron chi connectivity index (χ1n) is 10.9. The van der Waals surface area contributed by atoms with E-state index in [0.717, 1.165) is 22.6 Å². The topological polar surface area (TPSA) is 120 Å². The highest BCUT2D eigenvalue weighted by molar-refractivity contribution is 7.89. The number of rotatable bonds is 9. The summed E-state index contributed by atoms with van der Waals surface area (Å²) < 4.78 is 30.2. The van der Waals surface area contributed by atoms with Crippen LogP contribution in [0.3, 0.4) is 0 Å². The van der Waals surface area contributed by atoms with Crippen LogP contribution in [-0.2, 0) is 29.4 Å². The van der Waals surface area contributed by atoms with Crippen molar-refractivity contribution in [2.75, 3.05) is 13.7 Å². The van der Waals surface area contributed by atoms with E-state index < -0.39 is 15.9 Å². The number of sulfonamides is 1. The summed E-state index contributed by atoms with van der Waals surface area (Å²) in [6, 6.07) is 15.3. The highest BCUT2D eigenvalue weighted by Gasteiger charge is 2.20. The normalized spacial score (nSPS) is 11.3. The van der Waals surface area contributed by atoms with Gasteiger partial charge in [-0.05, 0) is 43.5 Å². The average Bonchev–Trinajstić information content (AvgIpc) is 2.80. The lowest BCUT2D eigenvalue weighted by Crippen LogP contribution is -2.34. The van der Waals surface area contributed by atoms with Gasteiger partial charge >= 0.3 is 0 Å². The summed E-state index contributed by atoms with van der Waals surface area (Å²) in [5.74, 6) is 0.305. The van der Waals surface area contributed by atoms with Crippen LogP contribution < -0.4 is 20.6 Å². The van der Waals surface area contributed by atoms with Crippen LogP contribution in [0.1, 0.15) is 39.8 Å². The molecule has 180 valence electrons. The molecule has 0 unspecified atom stereocenters. The van der Waals surface area contributed by atoms with Crippen LogP contribution in [0.4, 0.5) is 0 Å². The van der Waals surface area contributed by atoms with Gasteiger partial charge in [-0.3, -0.25) is 9.59 Å². The zero-order valence-electron chi connectivity index (χ0n) is 19.5. The van der Waals surface area contributed by atoms with Crippen molar-refractivity contribution in [2.45, 2.75) is 38.1 Å². The molecule has 2 aromatic carbocycles. The predicted octanol–water partition coefficient (Wildman–Crippen LogP) is 2.40. The largest absolute Gasteiger partial charge is 0.496 e. The number of nitrogens with two attached hydrogens (primary N) is 1. The van der Waals surface area contributed by atoms with E-state index in [1.54, 1.807) is 19.2 Å². The number of ether oxygens (including phenoxy) is 1. The number of carbonyl (C=O) groups is 1. The van der Waals surface area contributed by atoms with Crippen LogP contribution in [0.15, 0.2) is 64.3 Å². The molecule has 8 nitrogen and oxygen atoms in total. The van der Waals surface area contributed by atoms with Crippen LogP contribution in [0.25, 0.3) is 0 Å². The van der Waals surface area contributed by atoms with E-state index in [1.807, 2.05) is 42.7 Å². The number of hydrogen-bond acceptors (Lipinski definition) is 5. The summed E-state index contributed by atoms with van der Waals surface area (Å²) in [5.41, 5.74) is 3.01. The number of nitrogens with one attached hydrogen (secondary N) is 1. The summed E-state index contributed by atoms with van der Waals surface area (Å²) in [6.07, 6.45) is 0.975. The van der Waals surface area contributed by atoms with Gasteiger partial charge in [-0.25, -0.2) is 13.6 Å². The molecule has 0 saturated carbocycles. The zero-order valence-corrected chi connectivity index (χ0v) is 20.3. The minimum Gasteiger partial charge on any atom is -0.496 e. The van der Waals surface area contributed by atoms with Gasteiger partial charge in [0, 0.05) is 29.6 Å². The third kappa shape index (κ3) is 5.73. The molecule has 0 radical (unpaired) electrons. The minimum absolute atomic E-state index is 0.0307.